The maximum absolute atomic E-state index is 12.1. The molecule has 6 nitrogen and oxygen atoms in total. The number of rotatable bonds is 4. The van der Waals surface area contributed by atoms with Gasteiger partial charge in [-0.25, -0.2) is 4.79 Å². The molecule has 18 heavy (non-hydrogen) atoms. The Labute approximate surface area is 108 Å². The summed E-state index contributed by atoms with van der Waals surface area (Å²) in [5, 5.41) is 5.07. The van der Waals surface area contributed by atoms with Gasteiger partial charge in [0, 0.05) is 0 Å². The predicted octanol–water partition coefficient (Wildman–Crippen LogP) is -2.98. The highest BCUT2D eigenvalue weighted by molar-refractivity contribution is 6.04. The number of piperazine rings is 1. The molecule has 0 aromatic rings. The van der Waals surface area contributed by atoms with Gasteiger partial charge in [-0.3, -0.25) is 9.69 Å². The topological polar surface area (TPSA) is 70.5 Å². The van der Waals surface area contributed by atoms with Gasteiger partial charge >= 0.3 is 6.03 Å². The number of carbonyl (C=O) groups is 2. The smallest absolute Gasteiger partial charge is 0.325 e. The summed E-state index contributed by atoms with van der Waals surface area (Å²) < 4.78 is 0. The summed E-state index contributed by atoms with van der Waals surface area (Å²) >= 11 is 0. The number of quaternary nitrogens is 2. The van der Waals surface area contributed by atoms with E-state index in [0.29, 0.717) is 6.54 Å². The lowest BCUT2D eigenvalue weighted by molar-refractivity contribution is -0.946. The Hall–Kier alpha value is -1.14. The minimum absolute atomic E-state index is 0.0574. The second-order valence-electron chi connectivity index (χ2n) is 5.53. The highest BCUT2D eigenvalue weighted by Crippen LogP contribution is 2.12. The van der Waals surface area contributed by atoms with Gasteiger partial charge in [-0.1, -0.05) is 13.8 Å². The number of nitrogens with zero attached hydrogens (tertiary/aromatic N) is 1. The van der Waals surface area contributed by atoms with Crippen molar-refractivity contribution in [2.45, 2.75) is 19.9 Å². The van der Waals surface area contributed by atoms with Crippen LogP contribution in [-0.2, 0) is 4.79 Å². The Kier molecular flexibility index (Phi) is 4.19. The zero-order chi connectivity index (χ0) is 13.1. The third kappa shape index (κ3) is 2.81. The van der Waals surface area contributed by atoms with E-state index in [-0.39, 0.29) is 23.9 Å². The van der Waals surface area contributed by atoms with Gasteiger partial charge in [0.25, 0.3) is 5.91 Å². The van der Waals surface area contributed by atoms with E-state index in [1.807, 2.05) is 13.8 Å². The largest absolute Gasteiger partial charge is 0.337 e. The number of urea groups is 1. The Morgan fingerprint density at radius 2 is 2.06 bits per heavy atom. The Morgan fingerprint density at radius 1 is 1.39 bits per heavy atom. The van der Waals surface area contributed by atoms with Crippen LogP contribution in [0.2, 0.25) is 0 Å². The van der Waals surface area contributed by atoms with E-state index in [0.717, 1.165) is 32.7 Å². The number of nitrogens with one attached hydrogen (secondary N) is 2. The molecule has 102 valence electrons. The number of imide groups is 1. The molecule has 2 aliphatic heterocycles. The lowest BCUT2D eigenvalue weighted by Gasteiger charge is -2.23. The van der Waals surface area contributed by atoms with Crippen molar-refractivity contribution in [1.82, 2.24) is 10.2 Å². The predicted molar refractivity (Wildman–Crippen MR) is 66.1 cm³/mol. The van der Waals surface area contributed by atoms with E-state index in [1.54, 1.807) is 0 Å². The van der Waals surface area contributed by atoms with Gasteiger partial charge in [0.2, 0.25) is 0 Å². The summed E-state index contributed by atoms with van der Waals surface area (Å²) in [6, 6.07) is -0.552. The second-order valence-corrected chi connectivity index (χ2v) is 5.53. The van der Waals surface area contributed by atoms with E-state index < -0.39 is 0 Å². The SMILES string of the molecule is CC(C)[C@@H]1NC(=O)N(CC[NH+]2CC[NH2+]CC2)C1=O. The van der Waals surface area contributed by atoms with E-state index in [9.17, 15) is 9.59 Å². The van der Waals surface area contributed by atoms with Crippen LogP contribution in [-0.4, -0.2) is 62.1 Å². The first-order valence-electron chi connectivity index (χ1n) is 6.86. The van der Waals surface area contributed by atoms with Crippen LogP contribution in [0.25, 0.3) is 0 Å². The van der Waals surface area contributed by atoms with Crippen molar-refractivity contribution in [3.63, 3.8) is 0 Å². The van der Waals surface area contributed by atoms with Crippen LogP contribution in [0.1, 0.15) is 13.8 Å². The number of carbonyl (C=O) groups excluding carboxylic acids is 2. The Morgan fingerprint density at radius 3 is 2.61 bits per heavy atom. The molecule has 0 spiro atoms. The fraction of sp³-hybridized carbons (Fsp3) is 0.833. The van der Waals surface area contributed by atoms with Gasteiger partial charge in [-0.15, -0.1) is 0 Å². The molecular formula is C12H24N4O2+2. The Bertz CT molecular complexity index is 326. The fourth-order valence-electron chi connectivity index (χ4n) is 2.61. The van der Waals surface area contributed by atoms with Gasteiger partial charge < -0.3 is 15.5 Å². The third-order valence-corrected chi connectivity index (χ3v) is 3.82. The molecule has 2 rings (SSSR count). The first-order valence-corrected chi connectivity index (χ1v) is 6.86. The summed E-state index contributed by atoms with van der Waals surface area (Å²) in [4.78, 5) is 26.7. The molecule has 0 aliphatic carbocycles. The molecule has 4 N–H and O–H groups in total. The lowest BCUT2D eigenvalue weighted by Crippen LogP contribution is -3.20. The molecule has 3 amide bonds. The number of nitrogens with two attached hydrogens (primary N) is 1. The second kappa shape index (κ2) is 5.67. The van der Waals surface area contributed by atoms with Crippen molar-refractivity contribution in [3.05, 3.63) is 0 Å². The average Bonchev–Trinajstić information content (AvgIpc) is 2.64. The maximum Gasteiger partial charge on any atom is 0.325 e. The third-order valence-electron chi connectivity index (χ3n) is 3.82. The quantitative estimate of drug-likeness (QED) is 0.470. The lowest BCUT2D eigenvalue weighted by atomic mass is 10.1. The van der Waals surface area contributed by atoms with E-state index >= 15 is 0 Å². The van der Waals surface area contributed by atoms with Crippen LogP contribution in [0, 0.1) is 5.92 Å². The van der Waals surface area contributed by atoms with E-state index in [2.05, 4.69) is 10.6 Å². The van der Waals surface area contributed by atoms with Crippen molar-refractivity contribution >= 4 is 11.9 Å². The number of amides is 3. The molecule has 2 saturated heterocycles. The monoisotopic (exact) mass is 256 g/mol. The standard InChI is InChI=1S/C12H22N4O2/c1-9(2)10-11(17)16(12(18)14-10)8-7-15-5-3-13-4-6-15/h9-10,13H,3-8H2,1-2H3,(H,14,18)/p+2/t10-/m0/s1. The number of hydrogen-bond acceptors (Lipinski definition) is 2. The average molecular weight is 256 g/mol. The summed E-state index contributed by atoms with van der Waals surface area (Å²) in [6.07, 6.45) is 0. The van der Waals surface area contributed by atoms with Crippen molar-refractivity contribution in [2.24, 2.45) is 5.92 Å². The van der Waals surface area contributed by atoms with Gasteiger partial charge in [0.15, 0.2) is 0 Å². The maximum atomic E-state index is 12.1. The Balaban J connectivity index is 1.85. The van der Waals surface area contributed by atoms with Crippen molar-refractivity contribution < 1.29 is 19.8 Å². The molecule has 0 aromatic heterocycles. The molecule has 6 heteroatoms. The van der Waals surface area contributed by atoms with Gasteiger partial charge in [-0.05, 0) is 5.92 Å². The van der Waals surface area contributed by atoms with Crippen LogP contribution in [0.4, 0.5) is 4.79 Å². The zero-order valence-corrected chi connectivity index (χ0v) is 11.2. The molecule has 2 aliphatic rings. The molecular weight excluding hydrogens is 232 g/mol. The highest BCUT2D eigenvalue weighted by atomic mass is 16.2. The van der Waals surface area contributed by atoms with Gasteiger partial charge in [-0.2, -0.15) is 0 Å². The van der Waals surface area contributed by atoms with Crippen LogP contribution in [0.3, 0.4) is 0 Å². The minimum Gasteiger partial charge on any atom is -0.337 e. The molecule has 0 radical (unpaired) electrons. The van der Waals surface area contributed by atoms with Crippen LogP contribution >= 0.6 is 0 Å². The van der Waals surface area contributed by atoms with Crippen LogP contribution < -0.4 is 15.5 Å². The molecule has 0 saturated carbocycles. The summed E-state index contributed by atoms with van der Waals surface area (Å²) in [5.74, 6) is 0.0985. The van der Waals surface area contributed by atoms with E-state index in [4.69, 9.17) is 0 Å². The van der Waals surface area contributed by atoms with Crippen molar-refractivity contribution in [2.75, 3.05) is 39.3 Å². The summed E-state index contributed by atoms with van der Waals surface area (Å²) in [5.41, 5.74) is 0. The van der Waals surface area contributed by atoms with Crippen molar-refractivity contribution in [3.8, 4) is 0 Å². The molecule has 0 bridgehead atoms. The first-order chi connectivity index (χ1) is 8.59. The van der Waals surface area contributed by atoms with Crippen LogP contribution in [0.5, 0.6) is 0 Å². The van der Waals surface area contributed by atoms with Crippen LogP contribution in [0.15, 0.2) is 0 Å². The minimum atomic E-state index is -0.331. The zero-order valence-electron chi connectivity index (χ0n) is 11.2. The first kappa shape index (κ1) is 13.3. The molecule has 0 aromatic carbocycles. The molecule has 1 atom stereocenters. The normalized spacial score (nSPS) is 25.9. The van der Waals surface area contributed by atoms with Crippen molar-refractivity contribution in [1.29, 1.82) is 0 Å². The molecule has 2 fully saturated rings. The molecule has 0 unspecified atom stereocenters. The molecule has 2 heterocycles. The number of hydrogen-bond donors (Lipinski definition) is 3. The van der Waals surface area contributed by atoms with Gasteiger partial charge in [0.05, 0.1) is 13.1 Å². The highest BCUT2D eigenvalue weighted by Gasteiger charge is 2.39. The summed E-state index contributed by atoms with van der Waals surface area (Å²) in [6.45, 7) is 9.86. The van der Waals surface area contributed by atoms with E-state index in [1.165, 1.54) is 9.80 Å². The van der Waals surface area contributed by atoms with Gasteiger partial charge in [0.1, 0.15) is 32.2 Å². The summed E-state index contributed by atoms with van der Waals surface area (Å²) in [7, 11) is 0. The fourth-order valence-corrected chi connectivity index (χ4v) is 2.61.